The van der Waals surface area contributed by atoms with Crippen LogP contribution in [0.5, 0.6) is 0 Å². The molecule has 192 valence electrons. The molecule has 3 aromatic rings. The molecule has 10 heteroatoms. The van der Waals surface area contributed by atoms with Gasteiger partial charge in [-0.25, -0.2) is 19.2 Å². The van der Waals surface area contributed by atoms with Crippen LogP contribution < -0.4 is 21.2 Å². The molecule has 37 heavy (non-hydrogen) atoms. The minimum absolute atomic E-state index is 0.116. The largest absolute Gasteiger partial charge is 0.496 e. The van der Waals surface area contributed by atoms with E-state index in [2.05, 4.69) is 21.2 Å². The first-order chi connectivity index (χ1) is 17.9. The second kappa shape index (κ2) is 10.4. The molecule has 3 aromatic carbocycles. The van der Waals surface area contributed by atoms with E-state index < -0.39 is 17.3 Å². The van der Waals surface area contributed by atoms with Crippen molar-refractivity contribution in [1.82, 2.24) is 21.3 Å². The minimum atomic E-state index is -1.68. The molecule has 1 amide bonds. The number of hydrogen-bond acceptors (Lipinski definition) is 6. The van der Waals surface area contributed by atoms with Crippen molar-refractivity contribution >= 4 is 28.9 Å². The molecule has 3 N–H and O–H groups in total. The van der Waals surface area contributed by atoms with E-state index in [0.717, 1.165) is 5.69 Å². The molecule has 0 bridgehead atoms. The van der Waals surface area contributed by atoms with Crippen molar-refractivity contribution in [2.75, 3.05) is 38.2 Å². The number of ether oxygens (including phenoxy) is 1. The van der Waals surface area contributed by atoms with Gasteiger partial charge in [0.1, 0.15) is 11.6 Å². The summed E-state index contributed by atoms with van der Waals surface area (Å²) in [6.07, 6.45) is 0. The number of carbonyl (C=O) groups is 1. The Morgan fingerprint density at radius 3 is 2.30 bits per heavy atom. The summed E-state index contributed by atoms with van der Waals surface area (Å²) in [5, 5.41) is 2.35. The summed E-state index contributed by atoms with van der Waals surface area (Å²) in [5.41, 5.74) is 9.57. The fourth-order valence-corrected chi connectivity index (χ4v) is 4.85. The lowest BCUT2D eigenvalue weighted by Gasteiger charge is -2.38. The van der Waals surface area contributed by atoms with Gasteiger partial charge in [-0.2, -0.15) is 0 Å². The Balaban J connectivity index is 1.43. The molecule has 1 atom stereocenters. The Hall–Kier alpha value is -3.66. The monoisotopic (exact) mass is 525 g/mol. The number of anilines is 1. The zero-order valence-electron chi connectivity index (χ0n) is 20.1. The lowest BCUT2D eigenvalue weighted by Crippen LogP contribution is -2.62. The van der Waals surface area contributed by atoms with Crippen LogP contribution in [0.1, 0.15) is 11.1 Å². The van der Waals surface area contributed by atoms with Crippen LogP contribution in [-0.4, -0.2) is 44.2 Å². The van der Waals surface area contributed by atoms with Crippen molar-refractivity contribution in [3.8, 4) is 0 Å². The van der Waals surface area contributed by atoms with Crippen LogP contribution >= 0.6 is 11.6 Å². The fourth-order valence-electron chi connectivity index (χ4n) is 4.73. The summed E-state index contributed by atoms with van der Waals surface area (Å²) in [5.74, 6) is -1.12. The summed E-state index contributed by atoms with van der Waals surface area (Å²) < 4.78 is 34.3. The first kappa shape index (κ1) is 25.0. The number of benzene rings is 3. The predicted molar refractivity (Wildman–Crippen MR) is 138 cm³/mol. The van der Waals surface area contributed by atoms with E-state index in [9.17, 15) is 9.18 Å². The number of rotatable bonds is 6. The quantitative estimate of drug-likeness (QED) is 0.455. The van der Waals surface area contributed by atoms with Crippen LogP contribution in [0.15, 0.2) is 78.6 Å². The van der Waals surface area contributed by atoms with E-state index >= 15 is 4.39 Å². The van der Waals surface area contributed by atoms with Gasteiger partial charge in [0.25, 0.3) is 5.91 Å². The van der Waals surface area contributed by atoms with Crippen LogP contribution in [0.2, 0.25) is 5.02 Å². The normalized spacial score (nSPS) is 20.1. The topological polar surface area (TPSA) is 68.9 Å². The average molecular weight is 526 g/mol. The third-order valence-corrected chi connectivity index (χ3v) is 6.88. The van der Waals surface area contributed by atoms with Gasteiger partial charge in [-0.3, -0.25) is 10.2 Å². The third-order valence-electron chi connectivity index (χ3n) is 6.63. The molecule has 5 rings (SSSR count). The van der Waals surface area contributed by atoms with E-state index in [1.54, 1.807) is 59.6 Å². The maximum absolute atomic E-state index is 15.2. The number of amides is 1. The SMILES string of the molecule is COC1=C(c2ccc(Cl)cc2)NNC1(C(=O)NN1CCN(c2ccc(F)cc2)CC1)c1ccccc1F. The number of piperazine rings is 1. The summed E-state index contributed by atoms with van der Waals surface area (Å²) in [6, 6.07) is 19.4. The zero-order chi connectivity index (χ0) is 26.0. The van der Waals surface area contributed by atoms with Crippen LogP contribution in [0, 0.1) is 11.6 Å². The van der Waals surface area contributed by atoms with E-state index in [-0.39, 0.29) is 17.1 Å². The molecule has 0 aromatic heterocycles. The van der Waals surface area contributed by atoms with Gasteiger partial charge in [-0.15, -0.1) is 0 Å². The smallest absolute Gasteiger partial charge is 0.269 e. The summed E-state index contributed by atoms with van der Waals surface area (Å²) >= 11 is 6.05. The van der Waals surface area contributed by atoms with E-state index in [0.29, 0.717) is 42.5 Å². The summed E-state index contributed by atoms with van der Waals surface area (Å²) in [6.45, 7) is 2.26. The van der Waals surface area contributed by atoms with E-state index in [4.69, 9.17) is 16.3 Å². The molecule has 2 heterocycles. The highest BCUT2D eigenvalue weighted by molar-refractivity contribution is 6.30. The molecular weight excluding hydrogens is 500 g/mol. The average Bonchev–Trinajstić information content (AvgIpc) is 3.31. The van der Waals surface area contributed by atoms with Crippen molar-refractivity contribution in [1.29, 1.82) is 0 Å². The van der Waals surface area contributed by atoms with Gasteiger partial charge in [0.05, 0.1) is 12.8 Å². The van der Waals surface area contributed by atoms with Crippen LogP contribution in [0.25, 0.3) is 5.70 Å². The number of nitrogens with one attached hydrogen (secondary N) is 3. The molecule has 2 aliphatic heterocycles. The van der Waals surface area contributed by atoms with E-state index in [1.165, 1.54) is 25.3 Å². The molecule has 0 radical (unpaired) electrons. The van der Waals surface area contributed by atoms with Crippen molar-refractivity contribution in [2.24, 2.45) is 0 Å². The van der Waals surface area contributed by atoms with Crippen molar-refractivity contribution < 1.29 is 18.3 Å². The highest BCUT2D eigenvalue weighted by Crippen LogP contribution is 2.39. The second-order valence-electron chi connectivity index (χ2n) is 8.79. The Labute approximate surface area is 218 Å². The molecular formula is C27H26ClF2N5O2. The molecule has 1 fully saturated rings. The fraction of sp³-hybridized carbons (Fsp3) is 0.222. The maximum Gasteiger partial charge on any atom is 0.269 e. The Kier molecular flexibility index (Phi) is 7.01. The van der Waals surface area contributed by atoms with Gasteiger partial charge in [0, 0.05) is 48.0 Å². The molecule has 1 saturated heterocycles. The molecule has 0 saturated carbocycles. The second-order valence-corrected chi connectivity index (χ2v) is 9.22. The lowest BCUT2D eigenvalue weighted by molar-refractivity contribution is -0.133. The third kappa shape index (κ3) is 4.73. The van der Waals surface area contributed by atoms with Crippen molar-refractivity contribution in [3.05, 3.63) is 106 Å². The van der Waals surface area contributed by atoms with Crippen molar-refractivity contribution in [3.63, 3.8) is 0 Å². The Bertz CT molecular complexity index is 1310. The van der Waals surface area contributed by atoms with E-state index in [1.807, 2.05) is 0 Å². The minimum Gasteiger partial charge on any atom is -0.496 e. The Morgan fingerprint density at radius 1 is 0.973 bits per heavy atom. The van der Waals surface area contributed by atoms with Gasteiger partial charge in [-0.1, -0.05) is 41.9 Å². The summed E-state index contributed by atoms with van der Waals surface area (Å²) in [4.78, 5) is 16.1. The molecule has 2 aliphatic rings. The number of halogens is 3. The van der Waals surface area contributed by atoms with Gasteiger partial charge < -0.3 is 15.1 Å². The molecule has 0 spiro atoms. The number of nitrogens with zero attached hydrogens (tertiary/aromatic N) is 2. The van der Waals surface area contributed by atoms with Crippen molar-refractivity contribution in [2.45, 2.75) is 5.54 Å². The van der Waals surface area contributed by atoms with Crippen LogP contribution in [0.4, 0.5) is 14.5 Å². The lowest BCUT2D eigenvalue weighted by atomic mass is 9.86. The van der Waals surface area contributed by atoms with Gasteiger partial charge in [-0.05, 0) is 42.5 Å². The van der Waals surface area contributed by atoms with Gasteiger partial charge in [0.15, 0.2) is 5.76 Å². The first-order valence-corrected chi connectivity index (χ1v) is 12.2. The zero-order valence-corrected chi connectivity index (χ0v) is 20.9. The highest BCUT2D eigenvalue weighted by Gasteiger charge is 2.53. The number of hydrogen-bond donors (Lipinski definition) is 3. The first-order valence-electron chi connectivity index (χ1n) is 11.8. The standard InChI is InChI=1S/C27H26ClF2N5O2/c1-37-25-24(18-6-8-19(28)9-7-18)31-33-27(25,22-4-2-3-5-23(22)30)26(36)32-35-16-14-34(15-17-35)21-12-10-20(29)11-13-21/h2-13,31,33H,14-17H2,1H3,(H,32,36). The number of hydrazine groups is 2. The summed E-state index contributed by atoms with van der Waals surface area (Å²) in [7, 11) is 1.45. The molecule has 0 aliphatic carbocycles. The van der Waals surface area contributed by atoms with Gasteiger partial charge >= 0.3 is 0 Å². The molecule has 1 unspecified atom stereocenters. The highest BCUT2D eigenvalue weighted by atomic mass is 35.5. The number of carbonyl (C=O) groups excluding carboxylic acids is 1. The molecule has 7 nitrogen and oxygen atoms in total. The number of methoxy groups -OCH3 is 1. The predicted octanol–water partition coefficient (Wildman–Crippen LogP) is 3.79. The maximum atomic E-state index is 15.2. The van der Waals surface area contributed by atoms with Crippen LogP contribution in [0.3, 0.4) is 0 Å². The van der Waals surface area contributed by atoms with Crippen LogP contribution in [-0.2, 0) is 15.1 Å². The van der Waals surface area contributed by atoms with Gasteiger partial charge in [0.2, 0.25) is 5.54 Å². The Morgan fingerprint density at radius 2 is 1.65 bits per heavy atom.